The van der Waals surface area contributed by atoms with Gasteiger partial charge in [-0.05, 0) is 31.5 Å². The molecule has 0 amide bonds. The topological polar surface area (TPSA) is 131 Å². The number of nitro groups is 2. The van der Waals surface area contributed by atoms with Gasteiger partial charge in [-0.1, -0.05) is 30.3 Å². The van der Waals surface area contributed by atoms with E-state index in [1.807, 2.05) is 30.3 Å². The quantitative estimate of drug-likeness (QED) is 0.489. The van der Waals surface area contributed by atoms with Crippen LogP contribution in [0, 0.1) is 20.2 Å². The fraction of sp³-hybridized carbons (Fsp3) is 0.292. The van der Waals surface area contributed by atoms with Gasteiger partial charge in [-0.15, -0.1) is 5.06 Å². The molecule has 2 aliphatic heterocycles. The normalized spacial score (nSPS) is 18.8. The number of nitro benzene ring substituents is 1. The van der Waals surface area contributed by atoms with Crippen LogP contribution in [0.2, 0.25) is 0 Å². The maximum atomic E-state index is 13.4. The number of hydrogen-bond donors (Lipinski definition) is 1. The van der Waals surface area contributed by atoms with E-state index in [0.29, 0.717) is 31.9 Å². The molecule has 35 heavy (non-hydrogen) atoms. The Hall–Kier alpha value is -4.25. The van der Waals surface area contributed by atoms with E-state index in [1.165, 1.54) is 25.1 Å². The van der Waals surface area contributed by atoms with Gasteiger partial charge in [0.25, 0.3) is 11.4 Å². The Labute approximate surface area is 201 Å². The second-order valence-electron chi connectivity index (χ2n) is 8.35. The van der Waals surface area contributed by atoms with Gasteiger partial charge in [-0.25, -0.2) is 4.79 Å². The van der Waals surface area contributed by atoms with Crippen LogP contribution in [0.1, 0.15) is 25.3 Å². The van der Waals surface area contributed by atoms with Crippen molar-refractivity contribution in [2.24, 2.45) is 0 Å². The molecule has 2 heterocycles. The highest BCUT2D eigenvalue weighted by Crippen LogP contribution is 2.39. The largest absolute Gasteiger partial charge is 0.369 e. The Morgan fingerprint density at radius 2 is 1.63 bits per heavy atom. The van der Waals surface area contributed by atoms with E-state index in [2.05, 4.69) is 10.2 Å². The first-order valence-corrected chi connectivity index (χ1v) is 11.1. The fourth-order valence-corrected chi connectivity index (χ4v) is 4.48. The molecular formula is C24H25N5O6. The number of nitrogens with one attached hydrogen (secondary N) is 1. The van der Waals surface area contributed by atoms with E-state index in [9.17, 15) is 25.0 Å². The molecule has 0 spiro atoms. The Kier molecular flexibility index (Phi) is 6.78. The van der Waals surface area contributed by atoms with E-state index in [1.54, 1.807) is 18.1 Å². The summed E-state index contributed by atoms with van der Waals surface area (Å²) in [6.07, 6.45) is 0. The van der Waals surface area contributed by atoms with Gasteiger partial charge in [0.2, 0.25) is 0 Å². The number of rotatable bonds is 6. The number of dihydropyridines is 1. The molecule has 0 aliphatic carbocycles. The number of benzene rings is 2. The molecule has 1 unspecified atom stereocenters. The van der Waals surface area contributed by atoms with Crippen molar-refractivity contribution in [1.82, 2.24) is 10.4 Å². The van der Waals surface area contributed by atoms with Crippen LogP contribution >= 0.6 is 0 Å². The van der Waals surface area contributed by atoms with Gasteiger partial charge in [0.05, 0.1) is 34.2 Å². The molecule has 182 valence electrons. The first-order valence-electron chi connectivity index (χ1n) is 11.1. The molecule has 0 radical (unpaired) electrons. The van der Waals surface area contributed by atoms with Gasteiger partial charge in [0, 0.05) is 36.6 Å². The Morgan fingerprint density at radius 1 is 0.943 bits per heavy atom. The number of non-ortho nitro benzene ring substituents is 1. The lowest BCUT2D eigenvalue weighted by Crippen LogP contribution is -2.47. The monoisotopic (exact) mass is 479 g/mol. The van der Waals surface area contributed by atoms with Crippen LogP contribution in [0.25, 0.3) is 0 Å². The number of anilines is 1. The lowest BCUT2D eigenvalue weighted by Gasteiger charge is -2.35. The van der Waals surface area contributed by atoms with E-state index in [4.69, 9.17) is 4.84 Å². The molecule has 2 aromatic rings. The summed E-state index contributed by atoms with van der Waals surface area (Å²) >= 11 is 0. The molecule has 4 rings (SSSR count). The number of para-hydroxylation sites is 1. The summed E-state index contributed by atoms with van der Waals surface area (Å²) in [4.78, 5) is 43.4. The van der Waals surface area contributed by atoms with Crippen molar-refractivity contribution in [3.63, 3.8) is 0 Å². The van der Waals surface area contributed by atoms with Crippen LogP contribution in [0.5, 0.6) is 0 Å². The summed E-state index contributed by atoms with van der Waals surface area (Å²) in [5.74, 6) is -1.85. The van der Waals surface area contributed by atoms with Crippen LogP contribution in [0.4, 0.5) is 11.4 Å². The molecule has 1 saturated heterocycles. The summed E-state index contributed by atoms with van der Waals surface area (Å²) in [6, 6.07) is 15.4. The fourth-order valence-electron chi connectivity index (χ4n) is 4.48. The standard InChI is InChI=1S/C24H25N5O6/c1-16-21(24(30)35-27-13-11-26(12-14-27)19-8-4-3-5-9-19)22(23(29(33)34)17(2)25-16)18-7-6-10-20(15-18)28(31)32/h3-10,15,22,25H,11-14H2,1-2H3. The SMILES string of the molecule is CC1=C(C(=O)ON2CCN(c3ccccc3)CC2)C(c2cccc([N+](=O)[O-])c2)C([N+](=O)[O-])=C(C)N1. The van der Waals surface area contributed by atoms with Crippen LogP contribution in [-0.2, 0) is 9.63 Å². The summed E-state index contributed by atoms with van der Waals surface area (Å²) in [6.45, 7) is 5.37. The zero-order valence-corrected chi connectivity index (χ0v) is 19.3. The number of nitrogens with zero attached hydrogens (tertiary/aromatic N) is 4. The average Bonchev–Trinajstić information content (AvgIpc) is 2.84. The number of hydrogen-bond acceptors (Lipinski definition) is 9. The Morgan fingerprint density at radius 3 is 2.26 bits per heavy atom. The first kappa shape index (κ1) is 23.9. The minimum absolute atomic E-state index is 0.0493. The maximum absolute atomic E-state index is 13.4. The zero-order chi connectivity index (χ0) is 25.1. The number of piperazine rings is 1. The molecule has 1 N–H and O–H groups in total. The molecular weight excluding hydrogens is 454 g/mol. The van der Waals surface area contributed by atoms with Crippen LogP contribution in [0.3, 0.4) is 0 Å². The lowest BCUT2D eigenvalue weighted by molar-refractivity contribution is -0.431. The van der Waals surface area contributed by atoms with E-state index in [0.717, 1.165) is 5.69 Å². The number of allylic oxidation sites excluding steroid dienone is 3. The van der Waals surface area contributed by atoms with E-state index in [-0.39, 0.29) is 28.2 Å². The smallest absolute Gasteiger partial charge is 0.355 e. The van der Waals surface area contributed by atoms with Crippen molar-refractivity contribution < 1.29 is 19.5 Å². The van der Waals surface area contributed by atoms with Crippen molar-refractivity contribution in [2.75, 3.05) is 31.1 Å². The van der Waals surface area contributed by atoms with Crippen molar-refractivity contribution in [1.29, 1.82) is 0 Å². The Bertz CT molecular complexity index is 1220. The van der Waals surface area contributed by atoms with Gasteiger partial charge in [0.1, 0.15) is 5.92 Å². The summed E-state index contributed by atoms with van der Waals surface area (Å²) in [7, 11) is 0. The first-order chi connectivity index (χ1) is 16.8. The van der Waals surface area contributed by atoms with Crippen LogP contribution in [-0.4, -0.2) is 47.1 Å². The van der Waals surface area contributed by atoms with Gasteiger partial charge in [-0.3, -0.25) is 20.2 Å². The predicted molar refractivity (Wildman–Crippen MR) is 128 cm³/mol. The van der Waals surface area contributed by atoms with Gasteiger partial charge < -0.3 is 15.1 Å². The zero-order valence-electron chi connectivity index (χ0n) is 19.3. The van der Waals surface area contributed by atoms with E-state index < -0.39 is 21.7 Å². The highest BCUT2D eigenvalue weighted by molar-refractivity contribution is 5.92. The number of carbonyl (C=O) groups excluding carboxylic acids is 1. The molecule has 2 aliphatic rings. The molecule has 1 atom stereocenters. The number of hydroxylamine groups is 2. The van der Waals surface area contributed by atoms with Crippen molar-refractivity contribution in [2.45, 2.75) is 19.8 Å². The minimum atomic E-state index is -1.12. The second-order valence-corrected chi connectivity index (χ2v) is 8.35. The van der Waals surface area contributed by atoms with Crippen molar-refractivity contribution >= 4 is 17.3 Å². The number of carbonyl (C=O) groups is 1. The van der Waals surface area contributed by atoms with Gasteiger partial charge >= 0.3 is 5.97 Å². The minimum Gasteiger partial charge on any atom is -0.369 e. The van der Waals surface area contributed by atoms with Crippen LogP contribution in [0.15, 0.2) is 77.3 Å². The molecule has 1 fully saturated rings. The molecule has 0 aromatic heterocycles. The molecule has 11 nitrogen and oxygen atoms in total. The highest BCUT2D eigenvalue weighted by Gasteiger charge is 2.42. The second kappa shape index (κ2) is 9.94. The van der Waals surface area contributed by atoms with Crippen molar-refractivity contribution in [3.8, 4) is 0 Å². The summed E-state index contributed by atoms with van der Waals surface area (Å²) < 4.78 is 0. The third-order valence-electron chi connectivity index (χ3n) is 6.13. The molecule has 0 saturated carbocycles. The van der Waals surface area contributed by atoms with Gasteiger partial charge in [-0.2, -0.15) is 0 Å². The van der Waals surface area contributed by atoms with Crippen LogP contribution < -0.4 is 10.2 Å². The summed E-state index contributed by atoms with van der Waals surface area (Å²) in [5.41, 5.74) is 1.59. The molecule has 11 heteroatoms. The average molecular weight is 479 g/mol. The van der Waals surface area contributed by atoms with Crippen molar-refractivity contribution in [3.05, 3.63) is 103 Å². The highest BCUT2D eigenvalue weighted by atomic mass is 16.7. The van der Waals surface area contributed by atoms with E-state index >= 15 is 0 Å². The molecule has 2 aromatic carbocycles. The Balaban J connectivity index is 1.58. The lowest BCUT2D eigenvalue weighted by atomic mass is 9.84. The predicted octanol–water partition coefficient (Wildman–Crippen LogP) is 3.34. The third kappa shape index (κ3) is 4.99. The summed E-state index contributed by atoms with van der Waals surface area (Å²) in [5, 5.41) is 27.8. The van der Waals surface area contributed by atoms with Gasteiger partial charge in [0.15, 0.2) is 0 Å². The maximum Gasteiger partial charge on any atom is 0.355 e. The third-order valence-corrected chi connectivity index (χ3v) is 6.13. The molecule has 0 bridgehead atoms.